The minimum atomic E-state index is -1.07. The Morgan fingerprint density at radius 1 is 1.21 bits per heavy atom. The van der Waals surface area contributed by atoms with Crippen molar-refractivity contribution >= 4 is 34.9 Å². The predicted molar refractivity (Wildman–Crippen MR) is 124 cm³/mol. The van der Waals surface area contributed by atoms with Gasteiger partial charge < -0.3 is 35.6 Å². The van der Waals surface area contributed by atoms with Gasteiger partial charge in [0.2, 0.25) is 5.91 Å². The number of amides is 3. The Morgan fingerprint density at radius 3 is 2.50 bits per heavy atom. The van der Waals surface area contributed by atoms with Crippen molar-refractivity contribution in [1.82, 2.24) is 14.6 Å². The lowest BCUT2D eigenvalue weighted by Gasteiger charge is -2.30. The Labute approximate surface area is 199 Å². The van der Waals surface area contributed by atoms with Gasteiger partial charge in [0, 0.05) is 13.7 Å². The minimum absolute atomic E-state index is 0.0106. The van der Waals surface area contributed by atoms with Crippen LogP contribution in [0.2, 0.25) is 0 Å². The van der Waals surface area contributed by atoms with Crippen molar-refractivity contribution < 1.29 is 28.3 Å². The van der Waals surface area contributed by atoms with Crippen LogP contribution in [0.3, 0.4) is 0 Å². The normalized spacial score (nSPS) is 11.6. The number of nitrogens with one attached hydrogen (secondary N) is 1. The van der Waals surface area contributed by atoms with Crippen molar-refractivity contribution in [1.29, 1.82) is 0 Å². The molecule has 0 aliphatic rings. The van der Waals surface area contributed by atoms with Crippen LogP contribution in [0, 0.1) is 0 Å². The van der Waals surface area contributed by atoms with E-state index in [0.29, 0.717) is 17.1 Å². The summed E-state index contributed by atoms with van der Waals surface area (Å²) in [5.74, 6) is -0.880. The zero-order valence-corrected chi connectivity index (χ0v) is 19.5. The standard InChI is InChI=1S/C22H25N5O6S/c1-31-11-9-25-21(29)18(13-5-7-14(32-2)8-6-13)27(12-15-4-3-10-33-15)22(30)19-16(23)17(20(24)28)26-34-19/h3-8,10,18H,9,11-12,23H2,1-2H3,(H2,24,28)(H,25,29)/t18-/m0/s1. The highest BCUT2D eigenvalue weighted by Gasteiger charge is 2.35. The number of anilines is 1. The van der Waals surface area contributed by atoms with Crippen molar-refractivity contribution in [2.45, 2.75) is 12.6 Å². The molecule has 2 heterocycles. The summed E-state index contributed by atoms with van der Waals surface area (Å²) in [5.41, 5.74) is 11.5. The zero-order valence-electron chi connectivity index (χ0n) is 18.6. The van der Waals surface area contributed by atoms with Gasteiger partial charge in [0.1, 0.15) is 22.4 Å². The molecule has 0 aliphatic carbocycles. The van der Waals surface area contributed by atoms with Crippen molar-refractivity contribution in [3.8, 4) is 5.75 Å². The lowest BCUT2D eigenvalue weighted by atomic mass is 10.0. The fraction of sp³-hybridized carbons (Fsp3) is 0.273. The maximum absolute atomic E-state index is 13.7. The van der Waals surface area contributed by atoms with Crippen LogP contribution >= 0.6 is 11.5 Å². The lowest BCUT2D eigenvalue weighted by Crippen LogP contribution is -2.44. The van der Waals surface area contributed by atoms with Crippen molar-refractivity contribution in [3.63, 3.8) is 0 Å². The van der Waals surface area contributed by atoms with E-state index < -0.39 is 23.8 Å². The fourth-order valence-corrected chi connectivity index (χ4v) is 4.00. The van der Waals surface area contributed by atoms with E-state index in [2.05, 4.69) is 9.69 Å². The van der Waals surface area contributed by atoms with Crippen LogP contribution in [0.1, 0.15) is 37.5 Å². The number of aromatic nitrogens is 1. The van der Waals surface area contributed by atoms with E-state index in [0.717, 1.165) is 11.5 Å². The second-order valence-electron chi connectivity index (χ2n) is 7.11. The molecule has 0 saturated carbocycles. The number of ether oxygens (including phenoxy) is 2. The highest BCUT2D eigenvalue weighted by Crippen LogP contribution is 2.31. The van der Waals surface area contributed by atoms with Crippen LogP contribution < -0.4 is 21.5 Å². The smallest absolute Gasteiger partial charge is 0.270 e. The van der Waals surface area contributed by atoms with Gasteiger partial charge >= 0.3 is 0 Å². The maximum Gasteiger partial charge on any atom is 0.270 e. The zero-order chi connectivity index (χ0) is 24.7. The van der Waals surface area contributed by atoms with Crippen LogP contribution in [0.4, 0.5) is 5.69 Å². The monoisotopic (exact) mass is 487 g/mol. The van der Waals surface area contributed by atoms with Gasteiger partial charge in [-0.15, -0.1) is 0 Å². The molecule has 0 radical (unpaired) electrons. The molecule has 0 aliphatic heterocycles. The summed E-state index contributed by atoms with van der Waals surface area (Å²) in [6.45, 7) is 0.472. The summed E-state index contributed by atoms with van der Waals surface area (Å²) < 4.78 is 19.6. The van der Waals surface area contributed by atoms with E-state index in [4.69, 9.17) is 25.4 Å². The summed E-state index contributed by atoms with van der Waals surface area (Å²) in [6, 6.07) is 9.03. The molecule has 0 bridgehead atoms. The first-order valence-corrected chi connectivity index (χ1v) is 10.9. The maximum atomic E-state index is 13.7. The number of rotatable bonds is 11. The second-order valence-corrected chi connectivity index (χ2v) is 7.88. The van der Waals surface area contributed by atoms with Crippen LogP contribution in [0.15, 0.2) is 47.1 Å². The molecule has 11 nitrogen and oxygen atoms in total. The molecule has 3 amide bonds. The number of furan rings is 1. The van der Waals surface area contributed by atoms with Crippen LogP contribution in [-0.2, 0) is 16.1 Å². The van der Waals surface area contributed by atoms with E-state index in [1.165, 1.54) is 25.4 Å². The fourth-order valence-electron chi connectivity index (χ4n) is 3.24. The molecule has 3 rings (SSSR count). The largest absolute Gasteiger partial charge is 0.497 e. The molecule has 3 aromatic rings. The van der Waals surface area contributed by atoms with Gasteiger partial charge in [0.05, 0.1) is 32.2 Å². The molecule has 1 aromatic carbocycles. The Morgan fingerprint density at radius 2 is 1.94 bits per heavy atom. The third-order valence-electron chi connectivity index (χ3n) is 4.92. The first-order valence-electron chi connectivity index (χ1n) is 10.2. The molecule has 0 fully saturated rings. The molecule has 34 heavy (non-hydrogen) atoms. The number of nitrogens with two attached hydrogens (primary N) is 2. The number of carbonyl (C=O) groups excluding carboxylic acids is 3. The van der Waals surface area contributed by atoms with Gasteiger partial charge in [-0.1, -0.05) is 12.1 Å². The molecule has 180 valence electrons. The molecular weight excluding hydrogens is 462 g/mol. The first kappa shape index (κ1) is 24.7. The van der Waals surface area contributed by atoms with Gasteiger partial charge in [-0.3, -0.25) is 14.4 Å². The van der Waals surface area contributed by atoms with Crippen LogP contribution in [-0.4, -0.2) is 54.4 Å². The van der Waals surface area contributed by atoms with Gasteiger partial charge in [-0.2, -0.15) is 4.37 Å². The highest BCUT2D eigenvalue weighted by molar-refractivity contribution is 7.09. The number of hydrogen-bond acceptors (Lipinski definition) is 9. The molecule has 0 unspecified atom stereocenters. The summed E-state index contributed by atoms with van der Waals surface area (Å²) in [6.07, 6.45) is 1.46. The third-order valence-corrected chi connectivity index (χ3v) is 5.77. The van der Waals surface area contributed by atoms with E-state index in [1.807, 2.05) is 0 Å². The third kappa shape index (κ3) is 5.53. The van der Waals surface area contributed by atoms with Gasteiger partial charge in [-0.05, 0) is 41.4 Å². The molecule has 12 heteroatoms. The number of nitrogens with zero attached hydrogens (tertiary/aromatic N) is 2. The summed E-state index contributed by atoms with van der Waals surface area (Å²) in [4.78, 5) is 39.9. The number of primary amides is 1. The van der Waals surface area contributed by atoms with E-state index in [-0.39, 0.29) is 36.0 Å². The summed E-state index contributed by atoms with van der Waals surface area (Å²) in [5, 5.41) is 2.78. The van der Waals surface area contributed by atoms with Gasteiger partial charge in [-0.25, -0.2) is 0 Å². The highest BCUT2D eigenvalue weighted by atomic mass is 32.1. The van der Waals surface area contributed by atoms with Gasteiger partial charge in [0.15, 0.2) is 5.69 Å². The predicted octanol–water partition coefficient (Wildman–Crippen LogP) is 1.57. The molecular formula is C22H25N5O6S. The van der Waals surface area contributed by atoms with E-state index >= 15 is 0 Å². The van der Waals surface area contributed by atoms with E-state index in [1.54, 1.807) is 36.4 Å². The lowest BCUT2D eigenvalue weighted by molar-refractivity contribution is -0.126. The topological polar surface area (TPSA) is 163 Å². The Balaban J connectivity index is 2.07. The van der Waals surface area contributed by atoms with Crippen LogP contribution in [0.25, 0.3) is 0 Å². The Bertz CT molecular complexity index is 1130. The Kier molecular flexibility index (Phi) is 8.22. The first-order chi connectivity index (χ1) is 16.4. The summed E-state index contributed by atoms with van der Waals surface area (Å²) in [7, 11) is 3.04. The average Bonchev–Trinajstić information content (AvgIpc) is 3.48. The number of hydrogen-bond donors (Lipinski definition) is 3. The minimum Gasteiger partial charge on any atom is -0.497 e. The van der Waals surface area contributed by atoms with Crippen LogP contribution in [0.5, 0.6) is 5.75 Å². The Hall–Kier alpha value is -3.90. The second kappa shape index (κ2) is 11.3. The molecule has 0 saturated heterocycles. The van der Waals surface area contributed by atoms with Crippen molar-refractivity contribution in [2.75, 3.05) is 33.1 Å². The van der Waals surface area contributed by atoms with Gasteiger partial charge in [0.25, 0.3) is 11.8 Å². The number of benzene rings is 1. The number of nitrogen functional groups attached to an aromatic ring is 1. The number of carbonyl (C=O) groups is 3. The van der Waals surface area contributed by atoms with Crippen molar-refractivity contribution in [2.24, 2.45) is 5.73 Å². The number of methoxy groups -OCH3 is 2. The summed E-state index contributed by atoms with van der Waals surface area (Å²) >= 11 is 0.736. The van der Waals surface area contributed by atoms with Crippen molar-refractivity contribution in [3.05, 3.63) is 64.6 Å². The SMILES string of the molecule is COCCNC(=O)[C@H](c1ccc(OC)cc1)N(Cc1ccco1)C(=O)c1snc(C(N)=O)c1N. The molecule has 0 spiro atoms. The quantitative estimate of drug-likeness (QED) is 0.343. The van der Waals surface area contributed by atoms with E-state index in [9.17, 15) is 14.4 Å². The molecule has 5 N–H and O–H groups in total. The molecule has 1 atom stereocenters. The average molecular weight is 488 g/mol. The molecule has 2 aromatic heterocycles.